The first-order chi connectivity index (χ1) is 7.31. The van der Waals surface area contributed by atoms with Crippen LogP contribution in [0.3, 0.4) is 0 Å². The zero-order chi connectivity index (χ0) is 10.3. The molecule has 0 radical (unpaired) electrons. The monoisotopic (exact) mass is 202 g/mol. The van der Waals surface area contributed by atoms with Gasteiger partial charge in [0.1, 0.15) is 12.4 Å². The van der Waals surface area contributed by atoms with Crippen molar-refractivity contribution in [1.82, 2.24) is 14.8 Å². The van der Waals surface area contributed by atoms with Crippen LogP contribution in [0.15, 0.2) is 39.9 Å². The predicted octanol–water partition coefficient (Wildman–Crippen LogP) is -0.0856. The Bertz CT molecular complexity index is 507. The molecule has 74 valence electrons. The number of amidine groups is 1. The summed E-state index contributed by atoms with van der Waals surface area (Å²) in [5.41, 5.74) is 6.45. The second-order valence-corrected chi connectivity index (χ2v) is 3.15. The first-order valence-electron chi connectivity index (χ1n) is 4.35. The highest BCUT2D eigenvalue weighted by Gasteiger charge is 2.42. The number of H-pyrrole nitrogens is 1. The maximum atomic E-state index is 5.61. The van der Waals surface area contributed by atoms with E-state index in [0.717, 1.165) is 5.69 Å². The van der Waals surface area contributed by atoms with Crippen LogP contribution in [-0.4, -0.2) is 28.2 Å². The maximum absolute atomic E-state index is 5.61. The van der Waals surface area contributed by atoms with Gasteiger partial charge in [-0.1, -0.05) is 4.59 Å². The van der Waals surface area contributed by atoms with E-state index in [4.69, 9.17) is 5.73 Å². The third kappa shape index (κ3) is 0.974. The van der Waals surface area contributed by atoms with E-state index in [1.807, 2.05) is 0 Å². The van der Waals surface area contributed by atoms with Crippen molar-refractivity contribution in [3.8, 4) is 0 Å². The van der Waals surface area contributed by atoms with Crippen LogP contribution in [0.25, 0.3) is 0 Å². The van der Waals surface area contributed by atoms with Gasteiger partial charge in [-0.3, -0.25) is 10.1 Å². The van der Waals surface area contributed by atoms with Crippen molar-refractivity contribution in [1.29, 1.82) is 0 Å². The van der Waals surface area contributed by atoms with Crippen LogP contribution in [0.1, 0.15) is 0 Å². The first kappa shape index (κ1) is 8.06. The van der Waals surface area contributed by atoms with E-state index in [0.29, 0.717) is 5.84 Å². The molecule has 15 heavy (non-hydrogen) atoms. The Morgan fingerprint density at radius 1 is 1.40 bits per heavy atom. The number of aromatic amines is 1. The summed E-state index contributed by atoms with van der Waals surface area (Å²) in [6.45, 7) is 0. The maximum Gasteiger partial charge on any atom is 0.286 e. The molecule has 0 saturated carbocycles. The Morgan fingerprint density at radius 3 is 3.13 bits per heavy atom. The Hall–Kier alpha value is -2.28. The number of nitrogens with two attached hydrogens (primary N) is 1. The fourth-order valence-corrected chi connectivity index (χ4v) is 1.61. The number of guanidine groups is 1. The minimum Gasteiger partial charge on any atom is -0.363 e. The van der Waals surface area contributed by atoms with Crippen LogP contribution in [0.2, 0.25) is 0 Å². The molecule has 3 rings (SSSR count). The van der Waals surface area contributed by atoms with E-state index in [-0.39, 0.29) is 10.6 Å². The van der Waals surface area contributed by atoms with E-state index < -0.39 is 0 Å². The predicted molar refractivity (Wildman–Crippen MR) is 57.1 cm³/mol. The van der Waals surface area contributed by atoms with Crippen molar-refractivity contribution >= 4 is 23.7 Å². The fourth-order valence-electron chi connectivity index (χ4n) is 1.61. The number of hydrogen-bond donors (Lipinski definition) is 2. The smallest absolute Gasteiger partial charge is 0.286 e. The van der Waals surface area contributed by atoms with Gasteiger partial charge in [-0.25, -0.2) is 0 Å². The lowest BCUT2D eigenvalue weighted by Gasteiger charge is -2.21. The molecule has 0 aromatic carbocycles. The van der Waals surface area contributed by atoms with Crippen molar-refractivity contribution in [2.24, 2.45) is 20.8 Å². The molecule has 1 aromatic rings. The van der Waals surface area contributed by atoms with Crippen LogP contribution in [0, 0.1) is 0 Å². The van der Waals surface area contributed by atoms with Crippen molar-refractivity contribution in [2.45, 2.75) is 0 Å². The first-order valence-corrected chi connectivity index (χ1v) is 4.35. The van der Waals surface area contributed by atoms with Gasteiger partial charge in [0.25, 0.3) is 11.8 Å². The number of fused-ring (bicyclic) bond motifs is 1. The normalized spacial score (nSPS) is 27.5. The van der Waals surface area contributed by atoms with E-state index in [2.05, 4.69) is 25.3 Å². The molecule has 3 N–H and O–H groups in total. The van der Waals surface area contributed by atoms with E-state index in [1.54, 1.807) is 31.0 Å². The molecule has 1 aromatic heterocycles. The Labute approximate surface area is 84.9 Å². The van der Waals surface area contributed by atoms with Crippen molar-refractivity contribution in [2.75, 3.05) is 0 Å². The zero-order valence-corrected chi connectivity index (χ0v) is 7.70. The third-order valence-electron chi connectivity index (χ3n) is 2.27. The summed E-state index contributed by atoms with van der Waals surface area (Å²) in [4.78, 5) is 8.11. The second kappa shape index (κ2) is 2.61. The summed E-state index contributed by atoms with van der Waals surface area (Å²) in [6, 6.07) is 0. The highest BCUT2D eigenvalue weighted by molar-refractivity contribution is 6.37. The standard InChI is InChI=1S/C8H8N7/c9-8-13-7-5-10-1-2-15(7,14-8)6-3-11-12-4-6/h1-5H,(H2,9,14)(H,11,12)/q+1. The van der Waals surface area contributed by atoms with Gasteiger partial charge in [-0.15, -0.1) is 0 Å². The van der Waals surface area contributed by atoms with Gasteiger partial charge in [-0.2, -0.15) is 10.1 Å². The highest BCUT2D eigenvalue weighted by atomic mass is 15.7. The number of rotatable bonds is 1. The molecule has 0 bridgehead atoms. The third-order valence-corrected chi connectivity index (χ3v) is 2.27. The van der Waals surface area contributed by atoms with Gasteiger partial charge in [0.05, 0.1) is 12.4 Å². The molecule has 1 unspecified atom stereocenters. The molecule has 2 aliphatic rings. The Kier molecular flexibility index (Phi) is 1.40. The lowest BCUT2D eigenvalue weighted by Crippen LogP contribution is -2.44. The molecule has 0 spiro atoms. The number of aliphatic imine (C=N–C) groups is 2. The molecule has 3 heterocycles. The summed E-state index contributed by atoms with van der Waals surface area (Å²) in [5, 5.41) is 10.9. The molecule has 7 heteroatoms. The van der Waals surface area contributed by atoms with Gasteiger partial charge in [0, 0.05) is 0 Å². The van der Waals surface area contributed by atoms with Crippen LogP contribution in [-0.2, 0) is 0 Å². The summed E-state index contributed by atoms with van der Waals surface area (Å²) in [6.07, 6.45) is 8.52. The van der Waals surface area contributed by atoms with Crippen LogP contribution in [0.4, 0.5) is 5.69 Å². The lowest BCUT2D eigenvalue weighted by atomic mass is 10.4. The largest absolute Gasteiger partial charge is 0.363 e. The molecule has 7 nitrogen and oxygen atoms in total. The van der Waals surface area contributed by atoms with Gasteiger partial charge >= 0.3 is 0 Å². The molecule has 1 atom stereocenters. The minimum atomic E-state index is 0.103. The van der Waals surface area contributed by atoms with Crippen LogP contribution < -0.4 is 10.3 Å². The van der Waals surface area contributed by atoms with Crippen molar-refractivity contribution in [3.63, 3.8) is 0 Å². The average molecular weight is 202 g/mol. The van der Waals surface area contributed by atoms with Crippen LogP contribution >= 0.6 is 0 Å². The molecule has 0 aliphatic carbocycles. The number of quaternary nitrogens is 1. The average Bonchev–Trinajstić information content (AvgIpc) is 2.82. The molecule has 0 saturated heterocycles. The minimum absolute atomic E-state index is 0.103. The van der Waals surface area contributed by atoms with Gasteiger partial charge < -0.3 is 5.73 Å². The van der Waals surface area contributed by atoms with Crippen molar-refractivity contribution < 1.29 is 0 Å². The molecular formula is C8H8N7+. The van der Waals surface area contributed by atoms with E-state index in [9.17, 15) is 0 Å². The van der Waals surface area contributed by atoms with Crippen LogP contribution in [0.5, 0.6) is 0 Å². The Balaban J connectivity index is 2.22. The van der Waals surface area contributed by atoms with Gasteiger partial charge in [0.2, 0.25) is 5.69 Å². The summed E-state index contributed by atoms with van der Waals surface area (Å²) in [7, 11) is 0. The molecular weight excluding hydrogens is 194 g/mol. The van der Waals surface area contributed by atoms with E-state index in [1.165, 1.54) is 0 Å². The lowest BCUT2D eigenvalue weighted by molar-refractivity contribution is 0.592. The molecule has 0 fully saturated rings. The van der Waals surface area contributed by atoms with Gasteiger partial charge in [-0.05, 0) is 5.10 Å². The summed E-state index contributed by atoms with van der Waals surface area (Å²) in [5.74, 6) is 0.903. The quantitative estimate of drug-likeness (QED) is 0.623. The summed E-state index contributed by atoms with van der Waals surface area (Å²) < 4.78 is 0.103. The SMILES string of the molecule is NC1=N[N+]2(c3cn[nH]c3)C=CN=CC2=N1. The molecule has 0 amide bonds. The highest BCUT2D eigenvalue weighted by Crippen LogP contribution is 2.28. The number of nitrogens with zero attached hydrogens (tertiary/aromatic N) is 5. The second-order valence-electron chi connectivity index (χ2n) is 3.15. The number of aromatic nitrogens is 2. The topological polar surface area (TPSA) is 91.8 Å². The number of hydrogen-bond acceptors (Lipinski definition) is 5. The van der Waals surface area contributed by atoms with Gasteiger partial charge in [0.15, 0.2) is 6.20 Å². The Morgan fingerprint density at radius 2 is 2.33 bits per heavy atom. The number of nitrogens with one attached hydrogen (secondary N) is 1. The van der Waals surface area contributed by atoms with Crippen molar-refractivity contribution in [3.05, 3.63) is 24.8 Å². The fraction of sp³-hybridized carbons (Fsp3) is 0. The van der Waals surface area contributed by atoms with E-state index >= 15 is 0 Å². The summed E-state index contributed by atoms with van der Waals surface area (Å²) >= 11 is 0. The molecule has 2 aliphatic heterocycles. The zero-order valence-electron chi connectivity index (χ0n) is 7.70.